The Morgan fingerprint density at radius 1 is 1.53 bits per heavy atom. The monoisotopic (exact) mass is 214 g/mol. The molecule has 0 aromatic heterocycles. The number of hydrogen-bond acceptors (Lipinski definition) is 3. The number of ether oxygens (including phenoxy) is 1. The molecule has 1 rings (SSSR count). The van der Waals surface area contributed by atoms with Crippen LogP contribution in [0.2, 0.25) is 0 Å². The largest absolute Gasteiger partial charge is 0.383 e. The van der Waals surface area contributed by atoms with Crippen LogP contribution < -0.4 is 5.43 Å². The number of hydrazine groups is 1. The lowest BCUT2D eigenvalue weighted by atomic mass is 9.78. The minimum atomic E-state index is 0.311. The molecular weight excluding hydrogens is 188 g/mol. The Hall–Kier alpha value is -0.120. The van der Waals surface area contributed by atoms with Gasteiger partial charge in [0.25, 0.3) is 0 Å². The third-order valence-electron chi connectivity index (χ3n) is 4.02. The highest BCUT2D eigenvalue weighted by Gasteiger charge is 2.38. The maximum absolute atomic E-state index is 5.07. The van der Waals surface area contributed by atoms with Crippen molar-refractivity contribution in [3.05, 3.63) is 0 Å². The minimum Gasteiger partial charge on any atom is -0.383 e. The van der Waals surface area contributed by atoms with Crippen molar-refractivity contribution in [2.45, 2.75) is 45.6 Å². The van der Waals surface area contributed by atoms with Gasteiger partial charge in [0.1, 0.15) is 0 Å². The standard InChI is InChI=1S/C12H26N2O/c1-5-12(3)11(2)7-6-9-14(12)13-8-10-15-4/h11,13H,5-10H2,1-4H3. The fourth-order valence-corrected chi connectivity index (χ4v) is 2.47. The number of nitrogens with one attached hydrogen (secondary N) is 1. The van der Waals surface area contributed by atoms with E-state index in [4.69, 9.17) is 4.74 Å². The van der Waals surface area contributed by atoms with Crippen molar-refractivity contribution >= 4 is 0 Å². The topological polar surface area (TPSA) is 24.5 Å². The van der Waals surface area contributed by atoms with Gasteiger partial charge in [-0.15, -0.1) is 0 Å². The Morgan fingerprint density at radius 3 is 2.87 bits per heavy atom. The summed E-state index contributed by atoms with van der Waals surface area (Å²) in [6, 6.07) is 0. The first-order valence-corrected chi connectivity index (χ1v) is 6.15. The summed E-state index contributed by atoms with van der Waals surface area (Å²) in [4.78, 5) is 0. The molecule has 2 unspecified atom stereocenters. The second-order valence-corrected chi connectivity index (χ2v) is 4.81. The van der Waals surface area contributed by atoms with E-state index in [1.165, 1.54) is 25.8 Å². The molecule has 3 nitrogen and oxygen atoms in total. The number of methoxy groups -OCH3 is 1. The zero-order valence-corrected chi connectivity index (χ0v) is 10.7. The van der Waals surface area contributed by atoms with Gasteiger partial charge in [-0.2, -0.15) is 0 Å². The minimum absolute atomic E-state index is 0.311. The second-order valence-electron chi connectivity index (χ2n) is 4.81. The Balaban J connectivity index is 2.51. The average Bonchev–Trinajstić information content (AvgIpc) is 2.24. The third kappa shape index (κ3) is 2.92. The molecule has 15 heavy (non-hydrogen) atoms. The van der Waals surface area contributed by atoms with Crippen molar-refractivity contribution < 1.29 is 4.74 Å². The first kappa shape index (κ1) is 12.9. The molecule has 1 aliphatic rings. The Bertz CT molecular complexity index is 186. The van der Waals surface area contributed by atoms with Gasteiger partial charge in [-0.25, -0.2) is 5.01 Å². The van der Waals surface area contributed by atoms with Crippen LogP contribution in [0.1, 0.15) is 40.0 Å². The van der Waals surface area contributed by atoms with Crippen LogP contribution in [-0.4, -0.2) is 37.4 Å². The molecule has 1 saturated heterocycles. The summed E-state index contributed by atoms with van der Waals surface area (Å²) < 4.78 is 5.07. The summed E-state index contributed by atoms with van der Waals surface area (Å²) in [7, 11) is 1.75. The molecule has 1 fully saturated rings. The summed E-state index contributed by atoms with van der Waals surface area (Å²) in [6.07, 6.45) is 3.86. The van der Waals surface area contributed by atoms with Crippen molar-refractivity contribution in [3.63, 3.8) is 0 Å². The molecule has 0 aliphatic carbocycles. The van der Waals surface area contributed by atoms with Gasteiger partial charge in [-0.3, -0.25) is 5.43 Å². The second kappa shape index (κ2) is 5.83. The maximum Gasteiger partial charge on any atom is 0.0601 e. The van der Waals surface area contributed by atoms with E-state index in [9.17, 15) is 0 Å². The predicted octanol–water partition coefficient (Wildman–Crippen LogP) is 2.04. The van der Waals surface area contributed by atoms with Crippen LogP contribution in [-0.2, 0) is 4.74 Å². The summed E-state index contributed by atoms with van der Waals surface area (Å²) in [6.45, 7) is 9.89. The van der Waals surface area contributed by atoms with Crippen LogP contribution in [0, 0.1) is 5.92 Å². The van der Waals surface area contributed by atoms with Crippen LogP contribution in [0.4, 0.5) is 0 Å². The van der Waals surface area contributed by atoms with Gasteiger partial charge in [0.15, 0.2) is 0 Å². The Labute approximate surface area is 94.1 Å². The van der Waals surface area contributed by atoms with Crippen molar-refractivity contribution in [3.8, 4) is 0 Å². The van der Waals surface area contributed by atoms with Crippen LogP contribution in [0.3, 0.4) is 0 Å². The van der Waals surface area contributed by atoms with Gasteiger partial charge in [-0.05, 0) is 32.1 Å². The molecule has 0 aromatic carbocycles. The van der Waals surface area contributed by atoms with Gasteiger partial charge < -0.3 is 4.74 Å². The normalized spacial score (nSPS) is 33.2. The highest BCUT2D eigenvalue weighted by molar-refractivity contribution is 4.91. The van der Waals surface area contributed by atoms with E-state index in [0.717, 1.165) is 19.1 Å². The van der Waals surface area contributed by atoms with Gasteiger partial charge in [0, 0.05) is 25.7 Å². The van der Waals surface area contributed by atoms with E-state index >= 15 is 0 Å². The first-order valence-electron chi connectivity index (χ1n) is 6.15. The van der Waals surface area contributed by atoms with Gasteiger partial charge in [0.05, 0.1) is 6.61 Å². The van der Waals surface area contributed by atoms with Crippen molar-refractivity contribution in [2.24, 2.45) is 5.92 Å². The molecule has 90 valence electrons. The number of hydrogen-bond donors (Lipinski definition) is 1. The summed E-state index contributed by atoms with van der Waals surface area (Å²) >= 11 is 0. The summed E-state index contributed by atoms with van der Waals surface area (Å²) in [5, 5.41) is 2.43. The zero-order chi connectivity index (χ0) is 11.3. The average molecular weight is 214 g/mol. The molecule has 1 heterocycles. The molecule has 0 bridgehead atoms. The molecule has 0 radical (unpaired) electrons. The highest BCUT2D eigenvalue weighted by atomic mass is 16.5. The predicted molar refractivity (Wildman–Crippen MR) is 63.7 cm³/mol. The number of piperidine rings is 1. The lowest BCUT2D eigenvalue weighted by Crippen LogP contribution is -2.60. The van der Waals surface area contributed by atoms with Crippen molar-refractivity contribution in [1.29, 1.82) is 0 Å². The smallest absolute Gasteiger partial charge is 0.0601 e. The molecule has 2 atom stereocenters. The van der Waals surface area contributed by atoms with Crippen molar-refractivity contribution in [1.82, 2.24) is 10.4 Å². The van der Waals surface area contributed by atoms with Crippen molar-refractivity contribution in [2.75, 3.05) is 26.8 Å². The Kier molecular flexibility index (Phi) is 5.03. The molecule has 0 saturated carbocycles. The Morgan fingerprint density at radius 2 is 2.27 bits per heavy atom. The zero-order valence-electron chi connectivity index (χ0n) is 10.7. The van der Waals surface area contributed by atoms with E-state index in [2.05, 4.69) is 31.2 Å². The first-order chi connectivity index (χ1) is 7.15. The third-order valence-corrected chi connectivity index (χ3v) is 4.02. The van der Waals surface area contributed by atoms with Crippen LogP contribution in [0.25, 0.3) is 0 Å². The molecular formula is C12H26N2O. The molecule has 0 aromatic rings. The molecule has 1 N–H and O–H groups in total. The fourth-order valence-electron chi connectivity index (χ4n) is 2.47. The SMILES string of the molecule is CCC1(C)C(C)CCCN1NCCOC. The van der Waals surface area contributed by atoms with E-state index in [1.807, 2.05) is 0 Å². The maximum atomic E-state index is 5.07. The van der Waals surface area contributed by atoms with E-state index < -0.39 is 0 Å². The fraction of sp³-hybridized carbons (Fsp3) is 1.00. The number of nitrogens with zero attached hydrogens (tertiary/aromatic N) is 1. The van der Waals surface area contributed by atoms with Crippen LogP contribution in [0.15, 0.2) is 0 Å². The lowest BCUT2D eigenvalue weighted by Gasteiger charge is -2.49. The van der Waals surface area contributed by atoms with Gasteiger partial charge in [-0.1, -0.05) is 13.8 Å². The van der Waals surface area contributed by atoms with Gasteiger partial charge in [0.2, 0.25) is 0 Å². The lowest BCUT2D eigenvalue weighted by molar-refractivity contribution is -0.0335. The molecule has 1 aliphatic heterocycles. The van der Waals surface area contributed by atoms with Crippen LogP contribution >= 0.6 is 0 Å². The summed E-state index contributed by atoms with van der Waals surface area (Å²) in [5.74, 6) is 0.770. The quantitative estimate of drug-likeness (QED) is 0.709. The van der Waals surface area contributed by atoms with Crippen LogP contribution in [0.5, 0.6) is 0 Å². The highest BCUT2D eigenvalue weighted by Crippen LogP contribution is 2.34. The van der Waals surface area contributed by atoms with E-state index in [-0.39, 0.29) is 0 Å². The molecule has 3 heteroatoms. The van der Waals surface area contributed by atoms with Gasteiger partial charge >= 0.3 is 0 Å². The van der Waals surface area contributed by atoms with E-state index in [0.29, 0.717) is 5.54 Å². The summed E-state index contributed by atoms with van der Waals surface area (Å²) in [5.41, 5.74) is 3.81. The molecule has 0 spiro atoms. The van der Waals surface area contributed by atoms with E-state index in [1.54, 1.807) is 7.11 Å². The molecule has 0 amide bonds. The number of rotatable bonds is 5.